The number of halogens is 6. The minimum Gasteiger partial charge on any atom is -0.355 e. The summed E-state index contributed by atoms with van der Waals surface area (Å²) in [4.78, 5) is 12.5. The van der Waals surface area contributed by atoms with Gasteiger partial charge in [0.2, 0.25) is 0 Å². The summed E-state index contributed by atoms with van der Waals surface area (Å²) in [7, 11) is 0. The Balaban J connectivity index is 2.01. The van der Waals surface area contributed by atoms with Crippen molar-refractivity contribution in [2.75, 3.05) is 0 Å². The van der Waals surface area contributed by atoms with Gasteiger partial charge in [-0.15, -0.1) is 0 Å². The molecule has 0 saturated carbocycles. The van der Waals surface area contributed by atoms with Gasteiger partial charge in [-0.1, -0.05) is 28.9 Å². The summed E-state index contributed by atoms with van der Waals surface area (Å²) in [6.45, 7) is 0. The van der Waals surface area contributed by atoms with Crippen LogP contribution in [0.1, 0.15) is 16.1 Å². The number of amides is 1. The second-order valence-corrected chi connectivity index (χ2v) is 7.01. The third-order valence-corrected chi connectivity index (χ3v) is 4.90. The number of alkyl halides is 3. The van der Waals surface area contributed by atoms with E-state index in [0.717, 1.165) is 24.4 Å². The highest BCUT2D eigenvalue weighted by molar-refractivity contribution is 6.33. The first-order chi connectivity index (χ1) is 15.6. The summed E-state index contributed by atoms with van der Waals surface area (Å²) in [6, 6.07) is 7.88. The van der Waals surface area contributed by atoms with Crippen molar-refractivity contribution in [3.05, 3.63) is 76.6 Å². The molecule has 2 heterocycles. The standard InChI is InChI=1S/C20H11ClF5N5O2/c21-12-5-2-6-13(23)14(12)16-15(19(32)29-27)17(33-30-16)11-8-28-31(18(11)20(24,25)26)10-4-1-3-9(22)7-10/h1-8H,27H2,(H,29,32). The lowest BCUT2D eigenvalue weighted by atomic mass is 10.0. The molecule has 0 spiro atoms. The smallest absolute Gasteiger partial charge is 0.355 e. The molecule has 2 aromatic heterocycles. The van der Waals surface area contributed by atoms with E-state index in [0.29, 0.717) is 4.68 Å². The number of nitrogen functional groups attached to an aromatic ring is 1. The zero-order valence-electron chi connectivity index (χ0n) is 16.1. The Hall–Kier alpha value is -3.77. The Kier molecular flexibility index (Phi) is 5.64. The molecule has 0 aliphatic rings. The van der Waals surface area contributed by atoms with E-state index in [2.05, 4.69) is 10.3 Å². The van der Waals surface area contributed by atoms with E-state index in [1.807, 2.05) is 0 Å². The van der Waals surface area contributed by atoms with Gasteiger partial charge >= 0.3 is 6.18 Å². The number of hydrogen-bond acceptors (Lipinski definition) is 5. The molecule has 3 N–H and O–H groups in total. The summed E-state index contributed by atoms with van der Waals surface area (Å²) in [5.41, 5.74) is -2.02. The second-order valence-electron chi connectivity index (χ2n) is 6.60. The minimum atomic E-state index is -5.03. The van der Waals surface area contributed by atoms with Crippen molar-refractivity contribution >= 4 is 17.5 Å². The number of rotatable bonds is 4. The normalized spacial score (nSPS) is 11.6. The number of nitrogens with one attached hydrogen (secondary N) is 1. The number of carbonyl (C=O) groups excluding carboxylic acids is 1. The van der Waals surface area contributed by atoms with Crippen molar-refractivity contribution in [1.82, 2.24) is 20.4 Å². The summed E-state index contributed by atoms with van der Waals surface area (Å²) < 4.78 is 75.8. The number of nitrogens with zero attached hydrogens (tertiary/aromatic N) is 3. The highest BCUT2D eigenvalue weighted by Gasteiger charge is 2.42. The van der Waals surface area contributed by atoms with E-state index < -0.39 is 52.0 Å². The molecule has 13 heteroatoms. The monoisotopic (exact) mass is 483 g/mol. The van der Waals surface area contributed by atoms with Gasteiger partial charge in [0, 0.05) is 0 Å². The van der Waals surface area contributed by atoms with Crippen molar-refractivity contribution in [3.63, 3.8) is 0 Å². The molecule has 33 heavy (non-hydrogen) atoms. The lowest BCUT2D eigenvalue weighted by molar-refractivity contribution is -0.142. The highest BCUT2D eigenvalue weighted by Crippen LogP contribution is 2.42. The van der Waals surface area contributed by atoms with Crippen LogP contribution in [0.15, 0.2) is 53.2 Å². The highest BCUT2D eigenvalue weighted by atomic mass is 35.5. The van der Waals surface area contributed by atoms with Crippen molar-refractivity contribution in [1.29, 1.82) is 0 Å². The predicted molar refractivity (Wildman–Crippen MR) is 106 cm³/mol. The van der Waals surface area contributed by atoms with E-state index in [9.17, 15) is 26.7 Å². The quantitative estimate of drug-likeness (QED) is 0.189. The maximum Gasteiger partial charge on any atom is 0.434 e. The van der Waals surface area contributed by atoms with Crippen LogP contribution in [0.4, 0.5) is 22.0 Å². The van der Waals surface area contributed by atoms with Crippen LogP contribution >= 0.6 is 11.6 Å². The number of hydrogen-bond donors (Lipinski definition) is 2. The maximum atomic E-state index is 14.5. The molecular formula is C20H11ClF5N5O2. The van der Waals surface area contributed by atoms with Gasteiger partial charge in [-0.2, -0.15) is 18.3 Å². The Morgan fingerprint density at radius 2 is 1.88 bits per heavy atom. The van der Waals surface area contributed by atoms with Crippen LogP contribution in [0.3, 0.4) is 0 Å². The average Bonchev–Trinajstić information content (AvgIpc) is 3.37. The molecule has 0 unspecified atom stereocenters. The fraction of sp³-hybridized carbons (Fsp3) is 0.0500. The third-order valence-electron chi connectivity index (χ3n) is 4.58. The number of nitrogens with two attached hydrogens (primary N) is 1. The molecule has 2 aromatic carbocycles. The number of hydrazine groups is 1. The van der Waals surface area contributed by atoms with Gasteiger partial charge in [-0.25, -0.2) is 19.3 Å². The molecule has 0 radical (unpaired) electrons. The Labute approximate surface area is 186 Å². The Bertz CT molecular complexity index is 1350. The summed E-state index contributed by atoms with van der Waals surface area (Å²) >= 11 is 6.03. The van der Waals surface area contributed by atoms with Crippen molar-refractivity contribution in [2.24, 2.45) is 5.84 Å². The van der Waals surface area contributed by atoms with Crippen LogP contribution in [-0.2, 0) is 6.18 Å². The number of benzene rings is 2. The van der Waals surface area contributed by atoms with Crippen LogP contribution in [0.5, 0.6) is 0 Å². The van der Waals surface area contributed by atoms with E-state index in [1.54, 1.807) is 5.43 Å². The van der Waals surface area contributed by atoms with Crippen LogP contribution in [0.2, 0.25) is 5.02 Å². The summed E-state index contributed by atoms with van der Waals surface area (Å²) in [5.74, 6) is 1.68. The molecule has 0 atom stereocenters. The first kappa shape index (κ1) is 22.4. The van der Waals surface area contributed by atoms with Gasteiger partial charge < -0.3 is 4.52 Å². The van der Waals surface area contributed by atoms with Crippen molar-refractivity contribution in [2.45, 2.75) is 6.18 Å². The third kappa shape index (κ3) is 3.94. The fourth-order valence-electron chi connectivity index (χ4n) is 3.24. The zero-order valence-corrected chi connectivity index (χ0v) is 16.9. The molecule has 0 bridgehead atoms. The van der Waals surface area contributed by atoms with Gasteiger partial charge in [0.05, 0.1) is 28.0 Å². The Morgan fingerprint density at radius 3 is 2.52 bits per heavy atom. The molecular weight excluding hydrogens is 473 g/mol. The van der Waals surface area contributed by atoms with Crippen LogP contribution < -0.4 is 11.3 Å². The molecule has 4 aromatic rings. The molecule has 0 fully saturated rings. The van der Waals surface area contributed by atoms with Crippen molar-refractivity contribution in [3.8, 4) is 28.3 Å². The molecule has 0 aliphatic carbocycles. The van der Waals surface area contributed by atoms with Crippen LogP contribution in [-0.4, -0.2) is 20.8 Å². The summed E-state index contributed by atoms with van der Waals surface area (Å²) in [5, 5.41) is 7.11. The predicted octanol–water partition coefficient (Wildman–Crippen LogP) is 4.75. The Morgan fingerprint density at radius 1 is 1.15 bits per heavy atom. The average molecular weight is 484 g/mol. The zero-order chi connectivity index (χ0) is 23.9. The molecule has 4 rings (SSSR count). The van der Waals surface area contributed by atoms with Gasteiger partial charge in [-0.3, -0.25) is 10.2 Å². The molecule has 1 amide bonds. The van der Waals surface area contributed by atoms with Gasteiger partial charge in [0.15, 0.2) is 11.5 Å². The topological polar surface area (TPSA) is 99.0 Å². The van der Waals surface area contributed by atoms with Gasteiger partial charge in [0.1, 0.15) is 22.9 Å². The molecule has 0 saturated heterocycles. The molecule has 7 nitrogen and oxygen atoms in total. The lowest BCUT2D eigenvalue weighted by Crippen LogP contribution is -2.30. The van der Waals surface area contributed by atoms with Crippen LogP contribution in [0, 0.1) is 11.6 Å². The van der Waals surface area contributed by atoms with Crippen LogP contribution in [0.25, 0.3) is 28.3 Å². The summed E-state index contributed by atoms with van der Waals surface area (Å²) in [6.07, 6.45) is -4.27. The first-order valence-corrected chi connectivity index (χ1v) is 9.37. The minimum absolute atomic E-state index is 0.174. The SMILES string of the molecule is NNC(=O)c1c(-c2c(F)cccc2Cl)noc1-c1cnn(-c2cccc(F)c2)c1C(F)(F)F. The first-order valence-electron chi connectivity index (χ1n) is 9.00. The lowest BCUT2D eigenvalue weighted by Gasteiger charge is -2.12. The molecule has 170 valence electrons. The van der Waals surface area contributed by atoms with Gasteiger partial charge in [-0.05, 0) is 30.3 Å². The number of aromatic nitrogens is 3. The van der Waals surface area contributed by atoms with E-state index in [1.165, 1.54) is 24.3 Å². The van der Waals surface area contributed by atoms with E-state index in [4.69, 9.17) is 22.0 Å². The molecule has 0 aliphatic heterocycles. The van der Waals surface area contributed by atoms with Gasteiger partial charge in [0.25, 0.3) is 5.91 Å². The van der Waals surface area contributed by atoms with E-state index >= 15 is 0 Å². The second kappa shape index (κ2) is 8.30. The van der Waals surface area contributed by atoms with Crippen molar-refractivity contribution < 1.29 is 31.3 Å². The maximum absolute atomic E-state index is 14.5. The largest absolute Gasteiger partial charge is 0.434 e. The number of carbonyl (C=O) groups is 1. The van der Waals surface area contributed by atoms with E-state index in [-0.39, 0.29) is 16.3 Å². The fourth-order valence-corrected chi connectivity index (χ4v) is 3.49.